The highest BCUT2D eigenvalue weighted by molar-refractivity contribution is 6.93. The fraction of sp³-hybridized carbons (Fsp3) is 0.419. The van der Waals surface area contributed by atoms with Gasteiger partial charge in [0.25, 0.3) is 0 Å². The second kappa shape index (κ2) is 12.0. The van der Waals surface area contributed by atoms with E-state index in [4.69, 9.17) is 9.16 Å². The summed E-state index contributed by atoms with van der Waals surface area (Å²) < 4.78 is 12.2. The molecule has 3 atom stereocenters. The van der Waals surface area contributed by atoms with Crippen molar-refractivity contribution in [3.8, 4) is 0 Å². The first-order valence-corrected chi connectivity index (χ1v) is 19.3. The van der Waals surface area contributed by atoms with Crippen molar-refractivity contribution in [1.82, 2.24) is 4.90 Å². The monoisotopic (exact) mass is 549 g/mol. The number of amides is 2. The number of ether oxygens (including phenoxy) is 1. The first-order chi connectivity index (χ1) is 17.8. The minimum absolute atomic E-state index is 0.0529. The van der Waals surface area contributed by atoms with Crippen LogP contribution in [0.1, 0.15) is 26.3 Å². The second-order valence-electron chi connectivity index (χ2n) is 12.2. The number of hydrogen-bond acceptors (Lipinski definition) is 4. The third-order valence-electron chi connectivity index (χ3n) is 7.86. The molecule has 7 heteroatoms. The lowest BCUT2D eigenvalue weighted by molar-refractivity contribution is -0.133. The maximum absolute atomic E-state index is 14.0. The van der Waals surface area contributed by atoms with E-state index in [0.717, 1.165) is 5.56 Å². The molecule has 1 fully saturated rings. The van der Waals surface area contributed by atoms with E-state index in [2.05, 4.69) is 89.6 Å². The summed E-state index contributed by atoms with van der Waals surface area (Å²) >= 11 is 0. The molecule has 1 saturated heterocycles. The van der Waals surface area contributed by atoms with Crippen LogP contribution < -0.4 is 5.19 Å². The fourth-order valence-electron chi connectivity index (χ4n) is 4.35. The number of nitrogens with zero attached hydrogens (tertiary/aromatic N) is 1. The van der Waals surface area contributed by atoms with Gasteiger partial charge in [0.05, 0.1) is 18.1 Å². The number of carbonyl (C=O) groups excluding carboxylic acids is 2. The molecule has 0 aromatic heterocycles. The Bertz CT molecular complexity index is 1140. The van der Waals surface area contributed by atoms with E-state index in [1.807, 2.05) is 36.4 Å². The Labute approximate surface area is 230 Å². The van der Waals surface area contributed by atoms with Crippen molar-refractivity contribution in [3.63, 3.8) is 0 Å². The number of imide groups is 1. The SMILES string of the molecule is C=C[C@H](C(=O)N1C(=O)OC[C@@H]1Cc1ccccc1)[C@@H](/C=C/[Si](C)(C)c1ccccc1)O[Si](C)(C)C(C)(C)C. The number of rotatable bonds is 10. The van der Waals surface area contributed by atoms with E-state index in [9.17, 15) is 9.59 Å². The Morgan fingerprint density at radius 3 is 2.21 bits per heavy atom. The summed E-state index contributed by atoms with van der Waals surface area (Å²) in [5, 5.41) is 1.25. The first kappa shape index (κ1) is 29.8. The predicted octanol–water partition coefficient (Wildman–Crippen LogP) is 6.48. The van der Waals surface area contributed by atoms with Crippen LogP contribution in [0.25, 0.3) is 0 Å². The summed E-state index contributed by atoms with van der Waals surface area (Å²) in [5.41, 5.74) is 3.29. The Balaban J connectivity index is 1.95. The van der Waals surface area contributed by atoms with Crippen molar-refractivity contribution in [3.05, 3.63) is 90.7 Å². The molecule has 38 heavy (non-hydrogen) atoms. The largest absolute Gasteiger partial charge is 0.447 e. The number of hydrogen-bond donors (Lipinski definition) is 0. The zero-order valence-corrected chi connectivity index (χ0v) is 25.9. The Morgan fingerprint density at radius 1 is 1.08 bits per heavy atom. The number of cyclic esters (lactones) is 1. The van der Waals surface area contributed by atoms with Gasteiger partial charge in [-0.05, 0) is 30.1 Å². The second-order valence-corrected chi connectivity index (χ2v) is 21.3. The molecular weight excluding hydrogens is 507 g/mol. The van der Waals surface area contributed by atoms with Gasteiger partial charge in [-0.1, -0.05) is 118 Å². The van der Waals surface area contributed by atoms with Crippen LogP contribution in [0.15, 0.2) is 85.1 Å². The van der Waals surface area contributed by atoms with Gasteiger partial charge in [0, 0.05) is 0 Å². The van der Waals surface area contributed by atoms with E-state index in [-0.39, 0.29) is 23.6 Å². The maximum Gasteiger partial charge on any atom is 0.417 e. The lowest BCUT2D eigenvalue weighted by atomic mass is 9.99. The van der Waals surface area contributed by atoms with Crippen LogP contribution in [-0.2, 0) is 20.4 Å². The van der Waals surface area contributed by atoms with Crippen molar-refractivity contribution in [2.24, 2.45) is 5.92 Å². The molecule has 0 bridgehead atoms. The van der Waals surface area contributed by atoms with Crippen molar-refractivity contribution < 1.29 is 18.8 Å². The van der Waals surface area contributed by atoms with Gasteiger partial charge in [0.1, 0.15) is 14.7 Å². The van der Waals surface area contributed by atoms with Crippen LogP contribution >= 0.6 is 0 Å². The summed E-state index contributed by atoms with van der Waals surface area (Å²) in [5.74, 6) is -1.04. The van der Waals surface area contributed by atoms with E-state index in [0.29, 0.717) is 6.42 Å². The predicted molar refractivity (Wildman–Crippen MR) is 161 cm³/mol. The average molecular weight is 550 g/mol. The molecule has 1 heterocycles. The summed E-state index contributed by atoms with van der Waals surface area (Å²) in [4.78, 5) is 28.1. The smallest absolute Gasteiger partial charge is 0.417 e. The molecule has 2 amide bonds. The zero-order chi connectivity index (χ0) is 28.1. The highest BCUT2D eigenvalue weighted by Crippen LogP contribution is 2.39. The van der Waals surface area contributed by atoms with Crippen LogP contribution in [0.2, 0.25) is 31.2 Å². The topological polar surface area (TPSA) is 55.8 Å². The fourth-order valence-corrected chi connectivity index (χ4v) is 7.53. The molecule has 1 aliphatic heterocycles. The minimum Gasteiger partial charge on any atom is -0.447 e. The molecule has 2 aromatic rings. The van der Waals surface area contributed by atoms with Gasteiger partial charge in [-0.2, -0.15) is 0 Å². The summed E-state index contributed by atoms with van der Waals surface area (Å²) in [7, 11) is -4.24. The van der Waals surface area contributed by atoms with Gasteiger partial charge >= 0.3 is 6.09 Å². The maximum atomic E-state index is 14.0. The molecule has 0 N–H and O–H groups in total. The number of carbonyl (C=O) groups is 2. The Morgan fingerprint density at radius 2 is 1.66 bits per heavy atom. The molecule has 0 unspecified atom stereocenters. The molecule has 0 saturated carbocycles. The normalized spacial score (nSPS) is 18.3. The van der Waals surface area contributed by atoms with Crippen molar-refractivity contribution in [1.29, 1.82) is 0 Å². The van der Waals surface area contributed by atoms with Crippen LogP contribution in [0.4, 0.5) is 4.79 Å². The lowest BCUT2D eigenvalue weighted by Gasteiger charge is -2.40. The third kappa shape index (κ3) is 7.01. The van der Waals surface area contributed by atoms with E-state index < -0.39 is 34.5 Å². The van der Waals surface area contributed by atoms with Crippen LogP contribution in [0.3, 0.4) is 0 Å². The average Bonchev–Trinajstić information content (AvgIpc) is 3.22. The molecular formula is C31H43NO4Si2. The summed E-state index contributed by atoms with van der Waals surface area (Å²) in [6, 6.07) is 19.9. The van der Waals surface area contributed by atoms with E-state index in [1.165, 1.54) is 10.1 Å². The molecule has 5 nitrogen and oxygen atoms in total. The number of benzene rings is 2. The Hall–Kier alpha value is -2.75. The van der Waals surface area contributed by atoms with Crippen molar-refractivity contribution in [2.75, 3.05) is 6.61 Å². The lowest BCUT2D eigenvalue weighted by Crippen LogP contribution is -2.50. The van der Waals surface area contributed by atoms with Crippen LogP contribution in [0.5, 0.6) is 0 Å². The molecule has 2 aromatic carbocycles. The third-order valence-corrected chi connectivity index (χ3v) is 15.2. The van der Waals surface area contributed by atoms with Gasteiger partial charge in [-0.25, -0.2) is 9.69 Å². The van der Waals surface area contributed by atoms with Crippen LogP contribution in [0, 0.1) is 5.92 Å². The van der Waals surface area contributed by atoms with E-state index >= 15 is 0 Å². The van der Waals surface area contributed by atoms with Gasteiger partial charge in [0.2, 0.25) is 5.91 Å². The van der Waals surface area contributed by atoms with Gasteiger partial charge in [0.15, 0.2) is 8.32 Å². The summed E-state index contributed by atoms with van der Waals surface area (Å²) in [6.45, 7) is 19.7. The molecule has 0 radical (unpaired) electrons. The highest BCUT2D eigenvalue weighted by Gasteiger charge is 2.45. The first-order valence-electron chi connectivity index (χ1n) is 13.4. The standard InChI is InChI=1S/C31H43NO4Si2/c1-9-27(29(33)32-25(23-35-30(32)34)22-24-16-12-10-13-17-24)28(36-38(7,8)31(2,3)4)20-21-37(5,6)26-18-14-11-15-19-26/h9-21,25,27-28H,1,22-23H2,2-8H3/b21-20+/t25-,27-,28+/m0/s1. The van der Waals surface area contributed by atoms with Crippen molar-refractivity contribution in [2.45, 2.75) is 70.6 Å². The quantitative estimate of drug-likeness (QED) is 0.251. The minimum atomic E-state index is -2.27. The zero-order valence-electron chi connectivity index (χ0n) is 23.9. The molecule has 3 rings (SSSR count). The highest BCUT2D eigenvalue weighted by atomic mass is 28.4. The molecule has 0 spiro atoms. The van der Waals surface area contributed by atoms with Crippen molar-refractivity contribution >= 4 is 33.6 Å². The molecule has 1 aliphatic rings. The molecule has 204 valence electrons. The van der Waals surface area contributed by atoms with Gasteiger partial charge < -0.3 is 9.16 Å². The van der Waals surface area contributed by atoms with E-state index in [1.54, 1.807) is 6.08 Å². The summed E-state index contributed by atoms with van der Waals surface area (Å²) in [6.07, 6.45) is 3.09. The van der Waals surface area contributed by atoms with Gasteiger partial charge in [-0.3, -0.25) is 4.79 Å². The molecule has 0 aliphatic carbocycles. The Kier molecular flexibility index (Phi) is 9.39. The van der Waals surface area contributed by atoms with Crippen LogP contribution in [-0.4, -0.2) is 52.0 Å². The van der Waals surface area contributed by atoms with Gasteiger partial charge in [-0.15, -0.1) is 6.58 Å².